The molecule has 1 saturated heterocycles. The minimum atomic E-state index is 0.0197. The Balaban J connectivity index is 1.42. The fourth-order valence-corrected chi connectivity index (χ4v) is 3.34. The van der Waals surface area contributed by atoms with Crippen molar-refractivity contribution in [2.24, 2.45) is 5.92 Å². The second-order valence-corrected chi connectivity index (χ2v) is 6.64. The Bertz CT molecular complexity index is 595. The van der Waals surface area contributed by atoms with E-state index in [4.69, 9.17) is 21.1 Å². The number of nitrogens with zero attached hydrogens (tertiary/aromatic N) is 2. The molecule has 4 rings (SSSR count). The number of hydrogen-bond acceptors (Lipinski definition) is 4. The van der Waals surface area contributed by atoms with Crippen molar-refractivity contribution in [2.75, 3.05) is 39.5 Å². The zero-order valence-corrected chi connectivity index (χ0v) is 13.1. The highest BCUT2D eigenvalue weighted by Crippen LogP contribution is 2.40. The van der Waals surface area contributed by atoms with Gasteiger partial charge >= 0.3 is 0 Å². The molecule has 3 aliphatic rings. The lowest BCUT2D eigenvalue weighted by molar-refractivity contribution is 0.0631. The summed E-state index contributed by atoms with van der Waals surface area (Å²) < 4.78 is 10.6. The number of fused-ring (bicyclic) bond motifs is 1. The SMILES string of the molecule is O=C(c1cc(Cl)c2c(c1)OCO2)N1CCN(CC2CC2)CC1. The molecule has 0 atom stereocenters. The van der Waals surface area contributed by atoms with E-state index in [0.717, 1.165) is 32.1 Å². The van der Waals surface area contributed by atoms with Crippen molar-refractivity contribution in [2.45, 2.75) is 12.8 Å². The van der Waals surface area contributed by atoms with Crippen LogP contribution in [0.25, 0.3) is 0 Å². The van der Waals surface area contributed by atoms with Crippen molar-refractivity contribution < 1.29 is 14.3 Å². The Kier molecular flexibility index (Phi) is 3.62. The zero-order valence-electron chi connectivity index (χ0n) is 12.4. The summed E-state index contributed by atoms with van der Waals surface area (Å²) in [7, 11) is 0. The molecule has 2 fully saturated rings. The smallest absolute Gasteiger partial charge is 0.254 e. The van der Waals surface area contributed by atoms with Crippen molar-refractivity contribution in [1.82, 2.24) is 9.80 Å². The normalized spacial score (nSPS) is 21.2. The maximum absolute atomic E-state index is 12.6. The van der Waals surface area contributed by atoms with Gasteiger partial charge in [-0.3, -0.25) is 9.69 Å². The molecule has 0 aromatic heterocycles. The molecule has 1 aromatic carbocycles. The highest BCUT2D eigenvalue weighted by molar-refractivity contribution is 6.32. The Morgan fingerprint density at radius 3 is 2.68 bits per heavy atom. The number of rotatable bonds is 3. The van der Waals surface area contributed by atoms with Crippen LogP contribution in [0.4, 0.5) is 0 Å². The number of ether oxygens (including phenoxy) is 2. The summed E-state index contributed by atoms with van der Waals surface area (Å²) >= 11 is 6.16. The molecule has 1 aliphatic carbocycles. The number of carbonyl (C=O) groups is 1. The van der Waals surface area contributed by atoms with Crippen molar-refractivity contribution in [3.63, 3.8) is 0 Å². The topological polar surface area (TPSA) is 42.0 Å². The summed E-state index contributed by atoms with van der Waals surface area (Å²) in [6.45, 7) is 4.82. The van der Waals surface area contributed by atoms with Crippen LogP contribution in [0.1, 0.15) is 23.2 Å². The van der Waals surface area contributed by atoms with Crippen LogP contribution < -0.4 is 9.47 Å². The molecule has 22 heavy (non-hydrogen) atoms. The Morgan fingerprint density at radius 2 is 1.95 bits per heavy atom. The molecule has 2 heterocycles. The highest BCUT2D eigenvalue weighted by atomic mass is 35.5. The van der Waals surface area contributed by atoms with Crippen molar-refractivity contribution in [1.29, 1.82) is 0 Å². The first-order valence-corrected chi connectivity index (χ1v) is 8.19. The molecule has 1 amide bonds. The number of piperazine rings is 1. The van der Waals surface area contributed by atoms with Gasteiger partial charge in [-0.25, -0.2) is 0 Å². The molecular weight excluding hydrogens is 304 g/mol. The average Bonchev–Trinajstić information content (AvgIpc) is 3.21. The maximum atomic E-state index is 12.6. The Hall–Kier alpha value is -1.46. The van der Waals surface area contributed by atoms with Gasteiger partial charge in [-0.15, -0.1) is 0 Å². The van der Waals surface area contributed by atoms with E-state index >= 15 is 0 Å². The molecule has 0 radical (unpaired) electrons. The molecule has 6 heteroatoms. The van der Waals surface area contributed by atoms with Crippen molar-refractivity contribution in [3.8, 4) is 11.5 Å². The predicted molar refractivity (Wildman–Crippen MR) is 82.6 cm³/mol. The summed E-state index contributed by atoms with van der Waals surface area (Å²) in [6, 6.07) is 3.40. The van der Waals surface area contributed by atoms with Gasteiger partial charge in [0.1, 0.15) is 0 Å². The molecular formula is C16H19ClN2O3. The lowest BCUT2D eigenvalue weighted by Gasteiger charge is -2.34. The van der Waals surface area contributed by atoms with Gasteiger partial charge in [-0.2, -0.15) is 0 Å². The first-order chi connectivity index (χ1) is 10.7. The molecule has 0 unspecified atom stereocenters. The second-order valence-electron chi connectivity index (χ2n) is 6.23. The summed E-state index contributed by atoms with van der Waals surface area (Å²) in [4.78, 5) is 17.0. The zero-order chi connectivity index (χ0) is 15.1. The Morgan fingerprint density at radius 1 is 1.18 bits per heavy atom. The van der Waals surface area contributed by atoms with Crippen LogP contribution in [0.3, 0.4) is 0 Å². The van der Waals surface area contributed by atoms with Crippen LogP contribution in [0.2, 0.25) is 5.02 Å². The first-order valence-electron chi connectivity index (χ1n) is 7.81. The lowest BCUT2D eigenvalue weighted by atomic mass is 10.1. The van der Waals surface area contributed by atoms with E-state index in [9.17, 15) is 4.79 Å². The Labute approximate surface area is 134 Å². The van der Waals surface area contributed by atoms with E-state index in [2.05, 4.69) is 4.90 Å². The van der Waals surface area contributed by atoms with Crippen LogP contribution in [0, 0.1) is 5.92 Å². The minimum Gasteiger partial charge on any atom is -0.454 e. The molecule has 0 spiro atoms. The second kappa shape index (κ2) is 5.63. The average molecular weight is 323 g/mol. The lowest BCUT2D eigenvalue weighted by Crippen LogP contribution is -2.49. The van der Waals surface area contributed by atoms with Gasteiger partial charge in [-0.05, 0) is 30.9 Å². The maximum Gasteiger partial charge on any atom is 0.254 e. The molecule has 5 nitrogen and oxygen atoms in total. The predicted octanol–water partition coefficient (Wildman–Crippen LogP) is 2.24. The molecule has 1 saturated carbocycles. The molecule has 118 valence electrons. The number of carbonyl (C=O) groups excluding carboxylic acids is 1. The third-order valence-electron chi connectivity index (χ3n) is 4.55. The van der Waals surface area contributed by atoms with Crippen molar-refractivity contribution in [3.05, 3.63) is 22.7 Å². The number of benzene rings is 1. The van der Waals surface area contributed by atoms with Gasteiger partial charge in [0.25, 0.3) is 5.91 Å². The van der Waals surface area contributed by atoms with Crippen LogP contribution in [0.15, 0.2) is 12.1 Å². The first kappa shape index (κ1) is 14.2. The van der Waals surface area contributed by atoms with E-state index in [0.29, 0.717) is 22.1 Å². The van der Waals surface area contributed by atoms with Gasteiger partial charge < -0.3 is 14.4 Å². The number of amides is 1. The van der Waals surface area contributed by atoms with Gasteiger partial charge in [0, 0.05) is 38.3 Å². The summed E-state index contributed by atoms with van der Waals surface area (Å²) in [5, 5.41) is 0.436. The van der Waals surface area contributed by atoms with E-state index in [1.807, 2.05) is 4.90 Å². The molecule has 0 N–H and O–H groups in total. The van der Waals surface area contributed by atoms with Gasteiger partial charge in [0.15, 0.2) is 11.5 Å². The summed E-state index contributed by atoms with van der Waals surface area (Å²) in [6.07, 6.45) is 2.74. The van der Waals surface area contributed by atoms with Crippen LogP contribution in [-0.4, -0.2) is 55.2 Å². The van der Waals surface area contributed by atoms with Crippen LogP contribution >= 0.6 is 11.6 Å². The third kappa shape index (κ3) is 2.75. The molecule has 0 bridgehead atoms. The van der Waals surface area contributed by atoms with E-state index in [-0.39, 0.29) is 12.7 Å². The third-order valence-corrected chi connectivity index (χ3v) is 4.83. The molecule has 2 aliphatic heterocycles. The largest absolute Gasteiger partial charge is 0.454 e. The van der Waals surface area contributed by atoms with E-state index in [1.165, 1.54) is 19.4 Å². The van der Waals surface area contributed by atoms with Gasteiger partial charge in [0.2, 0.25) is 6.79 Å². The summed E-state index contributed by atoms with van der Waals surface area (Å²) in [5.41, 5.74) is 0.574. The van der Waals surface area contributed by atoms with Crippen molar-refractivity contribution >= 4 is 17.5 Å². The fraction of sp³-hybridized carbons (Fsp3) is 0.562. The number of hydrogen-bond donors (Lipinski definition) is 0. The monoisotopic (exact) mass is 322 g/mol. The van der Waals surface area contributed by atoms with Gasteiger partial charge in [0.05, 0.1) is 5.02 Å². The van der Waals surface area contributed by atoms with Gasteiger partial charge in [-0.1, -0.05) is 11.6 Å². The highest BCUT2D eigenvalue weighted by Gasteiger charge is 2.29. The number of halogens is 1. The fourth-order valence-electron chi connectivity index (χ4n) is 3.07. The van der Waals surface area contributed by atoms with Crippen LogP contribution in [0.5, 0.6) is 11.5 Å². The minimum absolute atomic E-state index is 0.0197. The summed E-state index contributed by atoms with van der Waals surface area (Å²) in [5.74, 6) is 2.01. The quantitative estimate of drug-likeness (QED) is 0.856. The van der Waals surface area contributed by atoms with Crippen LogP contribution in [-0.2, 0) is 0 Å². The van der Waals surface area contributed by atoms with E-state index in [1.54, 1.807) is 12.1 Å². The van der Waals surface area contributed by atoms with E-state index < -0.39 is 0 Å². The molecule has 1 aromatic rings. The standard InChI is InChI=1S/C16H19ClN2O3/c17-13-7-12(8-14-15(13)22-10-21-14)16(20)19-5-3-18(4-6-19)9-11-1-2-11/h7-8,11H,1-6,9-10H2.